The van der Waals surface area contributed by atoms with Crippen LogP contribution in [0.15, 0.2) is 24.3 Å². The van der Waals surface area contributed by atoms with Crippen molar-refractivity contribution in [2.24, 2.45) is 5.73 Å². The first-order valence-electron chi connectivity index (χ1n) is 5.03. The number of alkyl halides is 3. The average Bonchev–Trinajstić information content (AvgIpc) is 2.28. The molecule has 3 nitrogen and oxygen atoms in total. The molecule has 17 heavy (non-hydrogen) atoms. The van der Waals surface area contributed by atoms with Crippen LogP contribution in [0.25, 0.3) is 0 Å². The zero-order valence-electron chi connectivity index (χ0n) is 9.66. The summed E-state index contributed by atoms with van der Waals surface area (Å²) in [4.78, 5) is 1.11. The van der Waals surface area contributed by atoms with Gasteiger partial charge in [-0.15, -0.1) is 0 Å². The van der Waals surface area contributed by atoms with E-state index in [1.807, 2.05) is 0 Å². The fourth-order valence-electron chi connectivity index (χ4n) is 1.51. The summed E-state index contributed by atoms with van der Waals surface area (Å²) in [5, 5.41) is 0. The van der Waals surface area contributed by atoms with Crippen molar-refractivity contribution in [1.82, 2.24) is 0 Å². The highest BCUT2D eigenvalue weighted by Gasteiger charge is 2.41. The Morgan fingerprint density at radius 2 is 1.82 bits per heavy atom. The van der Waals surface area contributed by atoms with Crippen LogP contribution in [0, 0.1) is 0 Å². The van der Waals surface area contributed by atoms with E-state index in [0.717, 1.165) is 4.90 Å². The Balaban J connectivity index is 2.90. The highest BCUT2D eigenvalue weighted by Crippen LogP contribution is 2.28. The predicted octanol–water partition coefficient (Wildman–Crippen LogP) is 2.02. The van der Waals surface area contributed by atoms with Gasteiger partial charge < -0.3 is 15.4 Å². The Morgan fingerprint density at radius 3 is 2.18 bits per heavy atom. The van der Waals surface area contributed by atoms with Gasteiger partial charge in [0.2, 0.25) is 0 Å². The van der Waals surface area contributed by atoms with E-state index >= 15 is 0 Å². The molecule has 96 valence electrons. The van der Waals surface area contributed by atoms with Crippen molar-refractivity contribution in [1.29, 1.82) is 0 Å². The van der Waals surface area contributed by atoms with Gasteiger partial charge in [-0.05, 0) is 24.3 Å². The number of hydrogen-bond acceptors (Lipinski definition) is 3. The summed E-state index contributed by atoms with van der Waals surface area (Å²) in [6, 6.07) is 4.65. The molecule has 0 radical (unpaired) electrons. The minimum Gasteiger partial charge on any atom is -0.497 e. The Kier molecular flexibility index (Phi) is 4.22. The molecule has 0 aliphatic heterocycles. The first kappa shape index (κ1) is 13.6. The molecule has 1 aromatic carbocycles. The Morgan fingerprint density at radius 1 is 1.29 bits per heavy atom. The second-order valence-electron chi connectivity index (χ2n) is 3.60. The average molecular weight is 248 g/mol. The minimum atomic E-state index is -4.34. The molecule has 0 amide bonds. The number of hydrogen-bond donors (Lipinski definition) is 1. The van der Waals surface area contributed by atoms with Crippen LogP contribution in [-0.4, -0.2) is 32.9 Å². The number of methoxy groups -OCH3 is 1. The maximum atomic E-state index is 12.7. The van der Waals surface area contributed by atoms with Gasteiger partial charge in [0, 0.05) is 19.3 Å². The fraction of sp³-hybridized carbons (Fsp3) is 0.455. The van der Waals surface area contributed by atoms with Gasteiger partial charge in [-0.25, -0.2) is 0 Å². The minimum absolute atomic E-state index is 0.443. The van der Waals surface area contributed by atoms with Crippen LogP contribution in [0.2, 0.25) is 0 Å². The molecule has 1 aromatic rings. The third-order valence-corrected chi connectivity index (χ3v) is 2.55. The van der Waals surface area contributed by atoms with E-state index in [4.69, 9.17) is 10.5 Å². The number of likely N-dealkylation sites (N-methyl/N-ethyl adjacent to an activating group) is 1. The number of nitrogens with zero attached hydrogens (tertiary/aromatic N) is 1. The first-order chi connectivity index (χ1) is 7.90. The van der Waals surface area contributed by atoms with Crippen LogP contribution in [0.5, 0.6) is 5.75 Å². The van der Waals surface area contributed by atoms with Gasteiger partial charge in [-0.2, -0.15) is 13.2 Å². The summed E-state index contributed by atoms with van der Waals surface area (Å²) in [7, 11) is 2.87. The zero-order chi connectivity index (χ0) is 13.1. The molecule has 0 saturated heterocycles. The maximum absolute atomic E-state index is 12.7. The first-order valence-corrected chi connectivity index (χ1v) is 5.03. The van der Waals surface area contributed by atoms with E-state index in [-0.39, 0.29) is 0 Å². The van der Waals surface area contributed by atoms with Crippen molar-refractivity contribution in [2.45, 2.75) is 12.2 Å². The van der Waals surface area contributed by atoms with E-state index in [2.05, 4.69) is 0 Å². The van der Waals surface area contributed by atoms with Gasteiger partial charge in [0.15, 0.2) is 0 Å². The third-order valence-electron chi connectivity index (χ3n) is 2.55. The molecule has 1 unspecified atom stereocenters. The second-order valence-corrected chi connectivity index (χ2v) is 3.60. The maximum Gasteiger partial charge on any atom is 0.409 e. The Hall–Kier alpha value is -1.43. The van der Waals surface area contributed by atoms with E-state index in [0.29, 0.717) is 11.4 Å². The molecule has 0 aliphatic carbocycles. The molecular formula is C11H15F3N2O. The fourth-order valence-corrected chi connectivity index (χ4v) is 1.51. The number of benzene rings is 1. The standard InChI is InChI=1S/C11H15F3N2O/c1-16(10(7-15)11(12,13)14)8-3-5-9(17-2)6-4-8/h3-6,10H,7,15H2,1-2H3. The number of halogens is 3. The molecule has 2 N–H and O–H groups in total. The van der Waals surface area contributed by atoms with Crippen molar-refractivity contribution in [3.63, 3.8) is 0 Å². The largest absolute Gasteiger partial charge is 0.497 e. The summed E-state index contributed by atoms with van der Waals surface area (Å²) >= 11 is 0. The molecule has 0 aliphatic rings. The van der Waals surface area contributed by atoms with Gasteiger partial charge in [0.05, 0.1) is 7.11 Å². The van der Waals surface area contributed by atoms with Crippen molar-refractivity contribution in [3.8, 4) is 5.75 Å². The summed E-state index contributed by atoms with van der Waals surface area (Å²) in [6.07, 6.45) is -4.34. The Labute approximate surface area is 98.0 Å². The third kappa shape index (κ3) is 3.26. The summed E-state index contributed by atoms with van der Waals surface area (Å²) in [5.74, 6) is 0.596. The van der Waals surface area contributed by atoms with Gasteiger partial charge in [-0.3, -0.25) is 0 Å². The number of rotatable bonds is 4. The molecule has 1 atom stereocenters. The van der Waals surface area contributed by atoms with Crippen LogP contribution in [0.1, 0.15) is 0 Å². The lowest BCUT2D eigenvalue weighted by Gasteiger charge is -2.30. The molecule has 0 fully saturated rings. The molecule has 0 bridgehead atoms. The number of nitrogens with two attached hydrogens (primary N) is 1. The normalized spacial score (nSPS) is 13.3. The topological polar surface area (TPSA) is 38.5 Å². The SMILES string of the molecule is COc1ccc(N(C)C(CN)C(F)(F)F)cc1. The molecular weight excluding hydrogens is 233 g/mol. The highest BCUT2D eigenvalue weighted by molar-refractivity contribution is 5.49. The van der Waals surface area contributed by atoms with E-state index in [9.17, 15) is 13.2 Å². The number of anilines is 1. The lowest BCUT2D eigenvalue weighted by atomic mass is 10.2. The zero-order valence-corrected chi connectivity index (χ0v) is 9.66. The monoisotopic (exact) mass is 248 g/mol. The highest BCUT2D eigenvalue weighted by atomic mass is 19.4. The van der Waals surface area contributed by atoms with Crippen LogP contribution in [0.4, 0.5) is 18.9 Å². The number of ether oxygens (including phenoxy) is 1. The lowest BCUT2D eigenvalue weighted by Crippen LogP contribution is -2.48. The van der Waals surface area contributed by atoms with Crippen LogP contribution < -0.4 is 15.4 Å². The Bertz CT molecular complexity index is 351. The van der Waals surface area contributed by atoms with Crippen molar-refractivity contribution < 1.29 is 17.9 Å². The van der Waals surface area contributed by atoms with Crippen molar-refractivity contribution >= 4 is 5.69 Å². The van der Waals surface area contributed by atoms with Crippen LogP contribution in [-0.2, 0) is 0 Å². The van der Waals surface area contributed by atoms with Crippen molar-refractivity contribution in [3.05, 3.63) is 24.3 Å². The van der Waals surface area contributed by atoms with Crippen molar-refractivity contribution in [2.75, 3.05) is 25.6 Å². The van der Waals surface area contributed by atoms with Crippen LogP contribution in [0.3, 0.4) is 0 Å². The van der Waals surface area contributed by atoms with Gasteiger partial charge >= 0.3 is 6.18 Å². The second kappa shape index (κ2) is 5.27. The molecule has 0 aromatic heterocycles. The summed E-state index contributed by atoms with van der Waals surface area (Å²) in [5.41, 5.74) is 5.61. The predicted molar refractivity (Wildman–Crippen MR) is 60.3 cm³/mol. The summed E-state index contributed by atoms with van der Waals surface area (Å²) in [6.45, 7) is -0.480. The van der Waals surface area contributed by atoms with E-state index in [1.165, 1.54) is 14.2 Å². The van der Waals surface area contributed by atoms with Crippen LogP contribution >= 0.6 is 0 Å². The molecule has 0 spiro atoms. The van der Waals surface area contributed by atoms with Gasteiger partial charge in [0.1, 0.15) is 11.8 Å². The summed E-state index contributed by atoms with van der Waals surface area (Å²) < 4.78 is 42.9. The lowest BCUT2D eigenvalue weighted by molar-refractivity contribution is -0.145. The van der Waals surface area contributed by atoms with E-state index in [1.54, 1.807) is 24.3 Å². The van der Waals surface area contributed by atoms with Gasteiger partial charge in [-0.1, -0.05) is 0 Å². The molecule has 1 rings (SSSR count). The quantitative estimate of drug-likeness (QED) is 0.886. The van der Waals surface area contributed by atoms with E-state index < -0.39 is 18.8 Å². The molecule has 0 heterocycles. The molecule has 6 heteroatoms. The molecule has 0 saturated carbocycles. The smallest absolute Gasteiger partial charge is 0.409 e. The van der Waals surface area contributed by atoms with Gasteiger partial charge in [0.25, 0.3) is 0 Å².